The summed E-state index contributed by atoms with van der Waals surface area (Å²) in [4.78, 5) is 21.2. The lowest BCUT2D eigenvalue weighted by Gasteiger charge is -2.18. The van der Waals surface area contributed by atoms with E-state index in [4.69, 9.17) is 11.6 Å². The maximum absolute atomic E-state index is 14.4. The van der Waals surface area contributed by atoms with Gasteiger partial charge in [-0.15, -0.1) is 0 Å². The summed E-state index contributed by atoms with van der Waals surface area (Å²) >= 11 is 9.81. The zero-order valence-corrected chi connectivity index (χ0v) is 18.7. The van der Waals surface area contributed by atoms with Crippen molar-refractivity contribution >= 4 is 39.1 Å². The molecular weight excluding hydrogens is 487 g/mol. The van der Waals surface area contributed by atoms with E-state index >= 15 is 0 Å². The first-order chi connectivity index (χ1) is 14.8. The Morgan fingerprint density at radius 2 is 2.23 bits per heavy atom. The number of aliphatic hydroxyl groups excluding tert-OH is 1. The van der Waals surface area contributed by atoms with Gasteiger partial charge in [0.15, 0.2) is 5.78 Å². The first kappa shape index (κ1) is 21.9. The molecule has 2 N–H and O–H groups in total. The van der Waals surface area contributed by atoms with Crippen LogP contribution in [0, 0.1) is 12.8 Å². The molecule has 0 unspecified atom stereocenters. The summed E-state index contributed by atoms with van der Waals surface area (Å²) in [5.41, 5.74) is 1.59. The summed E-state index contributed by atoms with van der Waals surface area (Å²) in [7, 11) is 0. The van der Waals surface area contributed by atoms with Crippen molar-refractivity contribution in [2.45, 2.75) is 31.3 Å². The fourth-order valence-corrected chi connectivity index (χ4v) is 4.40. The van der Waals surface area contributed by atoms with Gasteiger partial charge in [-0.2, -0.15) is 0 Å². The molecule has 6 nitrogen and oxygen atoms in total. The fraction of sp³-hybridized carbons (Fsp3) is 0.273. The summed E-state index contributed by atoms with van der Waals surface area (Å²) < 4.78 is 17.1. The Morgan fingerprint density at radius 1 is 1.42 bits per heavy atom. The van der Waals surface area contributed by atoms with E-state index in [-0.39, 0.29) is 17.2 Å². The molecule has 1 saturated carbocycles. The van der Waals surface area contributed by atoms with E-state index in [2.05, 4.69) is 38.1 Å². The molecule has 9 heteroatoms. The normalized spacial score (nSPS) is 23.1. The minimum Gasteiger partial charge on any atom is -0.390 e. The lowest BCUT2D eigenvalue weighted by molar-refractivity contribution is 0.0793. The highest BCUT2D eigenvalue weighted by Gasteiger charge is 2.41. The highest BCUT2D eigenvalue weighted by atomic mass is 79.9. The van der Waals surface area contributed by atoms with Crippen molar-refractivity contribution < 1.29 is 14.3 Å². The van der Waals surface area contributed by atoms with E-state index in [1.807, 2.05) is 24.3 Å². The third-order valence-electron chi connectivity index (χ3n) is 5.38. The average Bonchev–Trinajstić information content (AvgIpc) is 3.22. The molecule has 1 aliphatic carbocycles. The van der Waals surface area contributed by atoms with Gasteiger partial charge in [0.2, 0.25) is 0 Å². The SMILES string of the molecule is [CH2][C@@H]1C[C@@H](Nc2ncncc2C(=O)c2cc(Cl)n(Cc3cccc(Br)c3)c2)[C@@H](F)[C@@H]1O. The molecule has 1 fully saturated rings. The van der Waals surface area contributed by atoms with Crippen LogP contribution in [0.4, 0.5) is 10.2 Å². The van der Waals surface area contributed by atoms with Crippen LogP contribution in [-0.2, 0) is 6.54 Å². The zero-order valence-electron chi connectivity index (χ0n) is 16.4. The first-order valence-corrected chi connectivity index (χ1v) is 10.9. The number of hydrogen-bond acceptors (Lipinski definition) is 5. The van der Waals surface area contributed by atoms with E-state index in [1.54, 1.807) is 16.8 Å². The number of anilines is 1. The minimum atomic E-state index is -1.50. The molecule has 3 aromatic rings. The van der Waals surface area contributed by atoms with Crippen LogP contribution in [0.2, 0.25) is 5.15 Å². The summed E-state index contributed by atoms with van der Waals surface area (Å²) in [5.74, 6) is -0.553. The number of carbonyl (C=O) groups is 1. The summed E-state index contributed by atoms with van der Waals surface area (Å²) in [6, 6.07) is 8.70. The molecule has 0 spiro atoms. The monoisotopic (exact) mass is 505 g/mol. The molecule has 0 bridgehead atoms. The number of carbonyl (C=O) groups excluding carboxylic acids is 1. The summed E-state index contributed by atoms with van der Waals surface area (Å²) in [6.45, 7) is 4.26. The van der Waals surface area contributed by atoms with Crippen molar-refractivity contribution in [1.29, 1.82) is 0 Å². The molecule has 1 aliphatic rings. The largest absolute Gasteiger partial charge is 0.390 e. The Morgan fingerprint density at radius 3 is 2.94 bits per heavy atom. The maximum atomic E-state index is 14.4. The van der Waals surface area contributed by atoms with Gasteiger partial charge in [0.25, 0.3) is 0 Å². The lowest BCUT2D eigenvalue weighted by atomic mass is 10.1. The number of alkyl halides is 1. The van der Waals surface area contributed by atoms with Gasteiger partial charge in [-0.1, -0.05) is 39.7 Å². The smallest absolute Gasteiger partial charge is 0.199 e. The molecule has 31 heavy (non-hydrogen) atoms. The quantitative estimate of drug-likeness (QED) is 0.487. The van der Waals surface area contributed by atoms with Crippen molar-refractivity contribution in [3.63, 3.8) is 0 Å². The zero-order chi connectivity index (χ0) is 22.1. The van der Waals surface area contributed by atoms with Crippen LogP contribution in [0.15, 0.2) is 53.5 Å². The topological polar surface area (TPSA) is 80.0 Å². The van der Waals surface area contributed by atoms with Gasteiger partial charge in [0, 0.05) is 29.0 Å². The fourth-order valence-electron chi connectivity index (χ4n) is 3.73. The molecule has 2 heterocycles. The van der Waals surface area contributed by atoms with E-state index in [0.717, 1.165) is 10.0 Å². The second kappa shape index (κ2) is 9.06. The lowest BCUT2D eigenvalue weighted by Crippen LogP contribution is -2.32. The van der Waals surface area contributed by atoms with Crippen LogP contribution in [-0.4, -0.2) is 43.7 Å². The van der Waals surface area contributed by atoms with Gasteiger partial charge in [-0.05, 0) is 43.0 Å². The maximum Gasteiger partial charge on any atom is 0.199 e. The van der Waals surface area contributed by atoms with Crippen molar-refractivity contribution in [2.75, 3.05) is 5.32 Å². The Labute approximate surface area is 192 Å². The number of benzene rings is 1. The molecule has 4 rings (SSSR count). The number of halogens is 3. The van der Waals surface area contributed by atoms with Crippen LogP contribution in [0.25, 0.3) is 0 Å². The predicted octanol–water partition coefficient (Wildman–Crippen LogP) is 4.31. The second-order valence-electron chi connectivity index (χ2n) is 7.61. The van der Waals surface area contributed by atoms with E-state index in [9.17, 15) is 14.3 Å². The number of aliphatic hydroxyl groups is 1. The molecule has 2 aromatic heterocycles. The number of hydrogen-bond donors (Lipinski definition) is 2. The summed E-state index contributed by atoms with van der Waals surface area (Å²) in [6.07, 6.45) is 2.02. The van der Waals surface area contributed by atoms with Crippen LogP contribution in [0.5, 0.6) is 0 Å². The minimum absolute atomic E-state index is 0.202. The first-order valence-electron chi connectivity index (χ1n) is 9.70. The van der Waals surface area contributed by atoms with Gasteiger partial charge in [-0.25, -0.2) is 14.4 Å². The van der Waals surface area contributed by atoms with E-state index in [1.165, 1.54) is 12.5 Å². The number of ketones is 1. The van der Waals surface area contributed by atoms with Gasteiger partial charge in [0.1, 0.15) is 23.5 Å². The third kappa shape index (κ3) is 4.66. The van der Waals surface area contributed by atoms with Crippen LogP contribution in [0.3, 0.4) is 0 Å². The standard InChI is InChI=1S/C22H20BrClFN4O2/c1-12-5-17(19(25)20(12)30)28-22-16(8-26-11-27-22)21(31)14-7-18(24)29(10-14)9-13-3-2-4-15(23)6-13/h2-4,6-8,10-12,17,19-20,30H,1,5,9H2,(H,26,27,28)/t12-,17-,19-,20-/m1/s1. The summed E-state index contributed by atoms with van der Waals surface area (Å²) in [5, 5.41) is 13.2. The molecule has 1 radical (unpaired) electrons. The van der Waals surface area contributed by atoms with Gasteiger partial charge < -0.3 is 15.0 Å². The van der Waals surface area contributed by atoms with E-state index in [0.29, 0.717) is 23.7 Å². The van der Waals surface area contributed by atoms with Gasteiger partial charge in [-0.3, -0.25) is 4.79 Å². The van der Waals surface area contributed by atoms with Crippen LogP contribution in [0.1, 0.15) is 27.9 Å². The van der Waals surface area contributed by atoms with Crippen LogP contribution < -0.4 is 5.32 Å². The van der Waals surface area contributed by atoms with Crippen LogP contribution >= 0.6 is 27.5 Å². The van der Waals surface area contributed by atoms with Crippen molar-refractivity contribution in [3.05, 3.63) is 82.3 Å². The molecule has 0 amide bonds. The third-order valence-corrected chi connectivity index (χ3v) is 6.20. The molecule has 0 saturated heterocycles. The Kier molecular flexibility index (Phi) is 6.41. The number of nitrogens with one attached hydrogen (secondary N) is 1. The second-order valence-corrected chi connectivity index (χ2v) is 8.91. The Hall–Kier alpha value is -2.29. The van der Waals surface area contributed by atoms with Gasteiger partial charge >= 0.3 is 0 Å². The number of aromatic nitrogens is 3. The van der Waals surface area contributed by atoms with Crippen molar-refractivity contribution in [2.24, 2.45) is 5.92 Å². The molecule has 4 atom stereocenters. The van der Waals surface area contributed by atoms with Crippen molar-refractivity contribution in [3.8, 4) is 0 Å². The highest BCUT2D eigenvalue weighted by Crippen LogP contribution is 2.31. The van der Waals surface area contributed by atoms with Crippen molar-refractivity contribution in [1.82, 2.24) is 14.5 Å². The Bertz CT molecular complexity index is 1110. The molecule has 161 valence electrons. The Balaban J connectivity index is 1.57. The molecule has 0 aliphatic heterocycles. The van der Waals surface area contributed by atoms with E-state index < -0.39 is 24.2 Å². The highest BCUT2D eigenvalue weighted by molar-refractivity contribution is 9.10. The molecule has 1 aromatic carbocycles. The number of nitrogens with zero attached hydrogens (tertiary/aromatic N) is 3. The predicted molar refractivity (Wildman–Crippen MR) is 120 cm³/mol. The molecular formula is C22H20BrClFN4O2. The average molecular weight is 507 g/mol. The number of rotatable bonds is 6. The van der Waals surface area contributed by atoms with Gasteiger partial charge in [0.05, 0.1) is 17.7 Å².